The van der Waals surface area contributed by atoms with E-state index in [0.717, 1.165) is 65.7 Å². The number of nitrogens with zero attached hydrogens (tertiary/aromatic N) is 5. The molecule has 2 fully saturated rings. The molecule has 32 heavy (non-hydrogen) atoms. The predicted molar refractivity (Wildman–Crippen MR) is 123 cm³/mol. The van der Waals surface area contributed by atoms with Gasteiger partial charge in [-0.25, -0.2) is 14.4 Å². The van der Waals surface area contributed by atoms with Gasteiger partial charge >= 0.3 is 0 Å². The summed E-state index contributed by atoms with van der Waals surface area (Å²) in [6.07, 6.45) is 11.2. The van der Waals surface area contributed by atoms with Gasteiger partial charge in [-0.05, 0) is 49.8 Å². The smallest absolute Gasteiger partial charge is 0.211 e. The van der Waals surface area contributed by atoms with E-state index in [9.17, 15) is 4.39 Å². The van der Waals surface area contributed by atoms with Gasteiger partial charge in [-0.15, -0.1) is 0 Å². The van der Waals surface area contributed by atoms with Gasteiger partial charge in [0.2, 0.25) is 5.95 Å². The maximum absolute atomic E-state index is 13.6. The molecule has 1 spiro atoms. The van der Waals surface area contributed by atoms with Crippen molar-refractivity contribution in [1.82, 2.24) is 19.4 Å². The van der Waals surface area contributed by atoms with Gasteiger partial charge in [0.15, 0.2) is 5.65 Å². The fourth-order valence-corrected chi connectivity index (χ4v) is 6.06. The summed E-state index contributed by atoms with van der Waals surface area (Å²) >= 11 is 1.58. The van der Waals surface area contributed by atoms with Crippen LogP contribution in [0.4, 0.5) is 10.3 Å². The fraction of sp³-hybridized carbons (Fsp3) is 0.375. The molecule has 3 aromatic heterocycles. The lowest BCUT2D eigenvalue weighted by molar-refractivity contribution is 0.0975. The molecule has 6 rings (SSSR count). The molecular formula is C24H24FN5OS. The molecule has 0 N–H and O–H groups in total. The number of anilines is 1. The molecule has 0 aliphatic carbocycles. The largest absolute Gasteiger partial charge is 0.378 e. The number of aromatic nitrogens is 4. The minimum Gasteiger partial charge on any atom is -0.378 e. The van der Waals surface area contributed by atoms with Crippen LogP contribution in [0.25, 0.3) is 16.6 Å². The van der Waals surface area contributed by atoms with Gasteiger partial charge < -0.3 is 9.64 Å². The van der Waals surface area contributed by atoms with Crippen molar-refractivity contribution in [1.29, 1.82) is 0 Å². The van der Waals surface area contributed by atoms with Crippen LogP contribution in [-0.4, -0.2) is 45.2 Å². The maximum Gasteiger partial charge on any atom is 0.211 e. The Labute approximate surface area is 189 Å². The van der Waals surface area contributed by atoms with Gasteiger partial charge in [0.1, 0.15) is 5.82 Å². The van der Waals surface area contributed by atoms with Gasteiger partial charge in [-0.1, -0.05) is 11.8 Å². The first-order valence-corrected chi connectivity index (χ1v) is 11.8. The topological polar surface area (TPSA) is 55.6 Å². The molecule has 8 heteroatoms. The van der Waals surface area contributed by atoms with Gasteiger partial charge in [-0.3, -0.25) is 9.38 Å². The summed E-state index contributed by atoms with van der Waals surface area (Å²) in [7, 11) is 0. The summed E-state index contributed by atoms with van der Waals surface area (Å²) in [4.78, 5) is 18.1. The minimum absolute atomic E-state index is 0.282. The van der Waals surface area contributed by atoms with E-state index in [1.165, 1.54) is 12.1 Å². The van der Waals surface area contributed by atoms with Gasteiger partial charge in [0.05, 0.1) is 23.1 Å². The number of ether oxygens (including phenoxy) is 1. The first kappa shape index (κ1) is 19.9. The van der Waals surface area contributed by atoms with Crippen LogP contribution in [0.1, 0.15) is 26.2 Å². The van der Waals surface area contributed by atoms with Crippen LogP contribution < -0.4 is 4.90 Å². The molecule has 2 saturated heterocycles. The summed E-state index contributed by atoms with van der Waals surface area (Å²) in [5.41, 5.74) is 1.86. The third-order valence-electron chi connectivity index (χ3n) is 6.76. The zero-order valence-electron chi connectivity index (χ0n) is 17.9. The lowest BCUT2D eigenvalue weighted by atomic mass is 9.77. The number of imidazole rings is 1. The minimum atomic E-state index is -0.282. The normalized spacial score (nSPS) is 20.6. The molecule has 0 radical (unpaired) electrons. The monoisotopic (exact) mass is 449 g/mol. The van der Waals surface area contributed by atoms with Crippen LogP contribution in [0.2, 0.25) is 0 Å². The Morgan fingerprint density at radius 2 is 1.97 bits per heavy atom. The van der Waals surface area contributed by atoms with Crippen molar-refractivity contribution >= 4 is 34.3 Å². The van der Waals surface area contributed by atoms with Gasteiger partial charge in [0.25, 0.3) is 0 Å². The molecule has 0 saturated carbocycles. The highest BCUT2D eigenvalue weighted by Gasteiger charge is 2.41. The zero-order valence-corrected chi connectivity index (χ0v) is 18.7. The van der Waals surface area contributed by atoms with Crippen molar-refractivity contribution in [2.24, 2.45) is 5.41 Å². The number of fused-ring (bicyclic) bond motifs is 2. The number of piperidine rings is 1. The second-order valence-electron chi connectivity index (χ2n) is 8.93. The second kappa shape index (κ2) is 7.71. The molecule has 2 aliphatic rings. The molecule has 0 amide bonds. The number of benzene rings is 1. The van der Waals surface area contributed by atoms with Crippen LogP contribution in [-0.2, 0) is 4.74 Å². The predicted octanol–water partition coefficient (Wildman–Crippen LogP) is 4.96. The van der Waals surface area contributed by atoms with Crippen LogP contribution >= 0.6 is 11.8 Å². The highest BCUT2D eigenvalue weighted by molar-refractivity contribution is 7.99. The standard InChI is InChI=1S/C24H24FN5OS/c1-16-13-24(15-31-16)5-9-29(10-6-24)23-28-14-21(22-27-8-11-30(22)23)32-20-4-7-26-19-12-17(25)2-3-18(19)20/h2-4,7-8,11-12,14,16H,5-6,9-10,13,15H2,1H3/t16-/m0/s1. The molecule has 0 bridgehead atoms. The van der Waals surface area contributed by atoms with Crippen molar-refractivity contribution in [3.63, 3.8) is 0 Å². The van der Waals surface area contributed by atoms with Crippen LogP contribution in [0.15, 0.2) is 58.8 Å². The highest BCUT2D eigenvalue weighted by Crippen LogP contribution is 2.43. The van der Waals surface area contributed by atoms with Crippen LogP contribution in [0.3, 0.4) is 0 Å². The van der Waals surface area contributed by atoms with Crippen molar-refractivity contribution in [3.8, 4) is 0 Å². The van der Waals surface area contributed by atoms with Gasteiger partial charge in [0, 0.05) is 54.2 Å². The first-order valence-electron chi connectivity index (χ1n) is 11.0. The van der Waals surface area contributed by atoms with Crippen molar-refractivity contribution in [3.05, 3.63) is 54.9 Å². The lowest BCUT2D eigenvalue weighted by Gasteiger charge is -2.39. The first-order chi connectivity index (χ1) is 15.6. The molecule has 0 unspecified atom stereocenters. The molecule has 4 aromatic rings. The Morgan fingerprint density at radius 1 is 1.09 bits per heavy atom. The Morgan fingerprint density at radius 3 is 2.78 bits per heavy atom. The number of pyridine rings is 1. The molecular weight excluding hydrogens is 425 g/mol. The summed E-state index contributed by atoms with van der Waals surface area (Å²) in [6, 6.07) is 6.67. The molecule has 1 aromatic carbocycles. The lowest BCUT2D eigenvalue weighted by Crippen LogP contribution is -2.41. The van der Waals surface area contributed by atoms with E-state index in [4.69, 9.17) is 9.72 Å². The zero-order chi connectivity index (χ0) is 21.7. The Kier molecular flexibility index (Phi) is 4.80. The molecule has 2 aliphatic heterocycles. The molecule has 6 nitrogen and oxygen atoms in total. The number of halogens is 1. The molecule has 1 atom stereocenters. The Balaban J connectivity index is 1.29. The Bertz CT molecular complexity index is 1300. The SMILES string of the molecule is C[C@H]1CC2(CCN(c3ncc(Sc4ccnc5cc(F)ccc45)c4nccn34)CC2)CO1. The number of hydrogen-bond donors (Lipinski definition) is 0. The van der Waals surface area contributed by atoms with E-state index in [-0.39, 0.29) is 5.82 Å². The summed E-state index contributed by atoms with van der Waals surface area (Å²) in [5, 5.41) is 0.919. The average Bonchev–Trinajstić information content (AvgIpc) is 3.42. The summed E-state index contributed by atoms with van der Waals surface area (Å²) in [5.74, 6) is 0.654. The average molecular weight is 450 g/mol. The second-order valence-corrected chi connectivity index (χ2v) is 10.0. The Hall–Kier alpha value is -2.71. The maximum atomic E-state index is 13.6. The van der Waals surface area contributed by atoms with Gasteiger partial charge in [-0.2, -0.15) is 0 Å². The summed E-state index contributed by atoms with van der Waals surface area (Å²) < 4.78 is 21.6. The van der Waals surface area contributed by atoms with Crippen molar-refractivity contribution in [2.45, 2.75) is 42.1 Å². The quantitative estimate of drug-likeness (QED) is 0.441. The number of hydrogen-bond acceptors (Lipinski definition) is 6. The van der Waals surface area contributed by atoms with E-state index in [1.807, 2.05) is 24.7 Å². The van der Waals surface area contributed by atoms with E-state index in [0.29, 0.717) is 17.0 Å². The third-order valence-corrected chi connectivity index (χ3v) is 7.84. The summed E-state index contributed by atoms with van der Waals surface area (Å²) in [6.45, 7) is 5.01. The van der Waals surface area contributed by atoms with Crippen LogP contribution in [0, 0.1) is 11.2 Å². The fourth-order valence-electron chi connectivity index (χ4n) is 5.07. The van der Waals surface area contributed by atoms with E-state index in [1.54, 1.807) is 24.0 Å². The number of rotatable bonds is 3. The molecule has 5 heterocycles. The molecule has 164 valence electrons. The highest BCUT2D eigenvalue weighted by atomic mass is 32.2. The third kappa shape index (κ3) is 3.42. The van der Waals surface area contributed by atoms with E-state index in [2.05, 4.69) is 26.2 Å². The van der Waals surface area contributed by atoms with Crippen molar-refractivity contribution in [2.75, 3.05) is 24.6 Å². The van der Waals surface area contributed by atoms with E-state index >= 15 is 0 Å². The van der Waals surface area contributed by atoms with E-state index < -0.39 is 0 Å². The van der Waals surface area contributed by atoms with Crippen molar-refractivity contribution < 1.29 is 9.13 Å². The van der Waals surface area contributed by atoms with Crippen LogP contribution in [0.5, 0.6) is 0 Å².